The summed E-state index contributed by atoms with van der Waals surface area (Å²) >= 11 is 0. The zero-order chi connectivity index (χ0) is 17.9. The first-order chi connectivity index (χ1) is 12.0. The number of aliphatic hydroxyl groups is 1. The van der Waals surface area contributed by atoms with Gasteiger partial charge in [0.25, 0.3) is 11.8 Å². The van der Waals surface area contributed by atoms with Crippen molar-refractivity contribution in [3.05, 3.63) is 30.3 Å². The molecule has 0 saturated carbocycles. The van der Waals surface area contributed by atoms with Gasteiger partial charge in [0.15, 0.2) is 6.61 Å². The molecule has 0 unspecified atom stereocenters. The predicted octanol–water partition coefficient (Wildman–Crippen LogP) is 1.76. The maximum absolute atomic E-state index is 13.6. The van der Waals surface area contributed by atoms with Gasteiger partial charge in [-0.15, -0.1) is 0 Å². The zero-order valence-corrected chi connectivity index (χ0v) is 14.1. The molecule has 1 aromatic carbocycles. The summed E-state index contributed by atoms with van der Waals surface area (Å²) in [6.07, 6.45) is 1.00. The van der Waals surface area contributed by atoms with E-state index < -0.39 is 12.0 Å². The molecule has 2 aliphatic rings. The van der Waals surface area contributed by atoms with Gasteiger partial charge in [0.2, 0.25) is 0 Å². The molecule has 1 aromatic rings. The molecule has 1 N–H and O–H groups in total. The van der Waals surface area contributed by atoms with Crippen LogP contribution in [-0.2, 0) is 4.79 Å². The Labute approximate surface area is 146 Å². The minimum atomic E-state index is -2.73. The van der Waals surface area contributed by atoms with E-state index in [1.165, 1.54) is 0 Å². The van der Waals surface area contributed by atoms with E-state index in [0.29, 0.717) is 31.7 Å². The smallest absolute Gasteiger partial charge is 0.262 e. The summed E-state index contributed by atoms with van der Waals surface area (Å²) < 4.78 is 32.7. The number of hydrogen-bond donors (Lipinski definition) is 1. The molecule has 1 atom stereocenters. The van der Waals surface area contributed by atoms with Crippen LogP contribution in [0.5, 0.6) is 5.75 Å². The largest absolute Gasteiger partial charge is 0.484 e. The molecule has 2 aliphatic heterocycles. The highest BCUT2D eigenvalue weighted by Crippen LogP contribution is 2.35. The van der Waals surface area contributed by atoms with Crippen LogP contribution in [-0.4, -0.2) is 71.7 Å². The van der Waals surface area contributed by atoms with Crippen molar-refractivity contribution in [3.8, 4) is 5.75 Å². The third-order valence-electron chi connectivity index (χ3n) is 5.02. The van der Waals surface area contributed by atoms with Crippen molar-refractivity contribution in [1.29, 1.82) is 0 Å². The molecule has 0 spiro atoms. The Morgan fingerprint density at radius 1 is 1.24 bits per heavy atom. The monoisotopic (exact) mass is 354 g/mol. The fourth-order valence-electron chi connectivity index (χ4n) is 3.72. The number of para-hydroxylation sites is 1. The third kappa shape index (κ3) is 4.46. The van der Waals surface area contributed by atoms with Crippen molar-refractivity contribution in [2.75, 3.05) is 32.8 Å². The van der Waals surface area contributed by atoms with Gasteiger partial charge in [-0.1, -0.05) is 18.2 Å². The Balaban J connectivity index is 1.47. The first-order valence-electron chi connectivity index (χ1n) is 8.68. The van der Waals surface area contributed by atoms with Crippen molar-refractivity contribution in [1.82, 2.24) is 9.80 Å². The van der Waals surface area contributed by atoms with Crippen LogP contribution in [0, 0.1) is 0 Å². The van der Waals surface area contributed by atoms with Crippen LogP contribution in [0.2, 0.25) is 0 Å². The van der Waals surface area contributed by atoms with Crippen LogP contribution in [0.15, 0.2) is 30.3 Å². The topological polar surface area (TPSA) is 53.0 Å². The Morgan fingerprint density at radius 2 is 1.92 bits per heavy atom. The summed E-state index contributed by atoms with van der Waals surface area (Å²) in [4.78, 5) is 15.7. The van der Waals surface area contributed by atoms with Crippen LogP contribution >= 0.6 is 0 Å². The average molecular weight is 354 g/mol. The van der Waals surface area contributed by atoms with E-state index >= 15 is 0 Å². The SMILES string of the molecule is O=C(COc1ccccc1)N1CCC(N2CC(F)(F)C[C@H]2CO)CC1. The number of aliphatic hydroxyl groups excluding tert-OH is 1. The number of amides is 1. The summed E-state index contributed by atoms with van der Waals surface area (Å²) in [5.41, 5.74) is 0. The predicted molar refractivity (Wildman–Crippen MR) is 88.7 cm³/mol. The van der Waals surface area contributed by atoms with Crippen LogP contribution in [0.25, 0.3) is 0 Å². The molecule has 7 heteroatoms. The van der Waals surface area contributed by atoms with E-state index in [9.17, 15) is 18.7 Å². The molecule has 2 saturated heterocycles. The quantitative estimate of drug-likeness (QED) is 0.876. The molecule has 0 bridgehead atoms. The Hall–Kier alpha value is -1.73. The number of alkyl halides is 2. The van der Waals surface area contributed by atoms with Crippen molar-refractivity contribution < 1.29 is 23.4 Å². The van der Waals surface area contributed by atoms with Gasteiger partial charge in [0.05, 0.1) is 13.2 Å². The fraction of sp³-hybridized carbons (Fsp3) is 0.611. The second-order valence-electron chi connectivity index (χ2n) is 6.78. The average Bonchev–Trinajstić information content (AvgIpc) is 2.95. The first-order valence-corrected chi connectivity index (χ1v) is 8.68. The molecule has 25 heavy (non-hydrogen) atoms. The summed E-state index contributed by atoms with van der Waals surface area (Å²) in [6, 6.07) is 8.66. The molecule has 0 aromatic heterocycles. The van der Waals surface area contributed by atoms with E-state index in [1.54, 1.807) is 21.9 Å². The van der Waals surface area contributed by atoms with Crippen molar-refractivity contribution >= 4 is 5.91 Å². The van der Waals surface area contributed by atoms with E-state index in [-0.39, 0.29) is 38.1 Å². The van der Waals surface area contributed by atoms with E-state index in [2.05, 4.69) is 0 Å². The number of carbonyl (C=O) groups is 1. The standard InChI is InChI=1S/C18H24F2N2O3/c19-18(20)10-15(11-23)22(13-18)14-6-8-21(9-7-14)17(24)12-25-16-4-2-1-3-5-16/h1-5,14-15,23H,6-13H2/t15-/m0/s1. The first kappa shape index (κ1) is 18.1. The number of likely N-dealkylation sites (tertiary alicyclic amines) is 2. The lowest BCUT2D eigenvalue weighted by atomic mass is 10.0. The number of ether oxygens (including phenoxy) is 1. The molecule has 5 nitrogen and oxygen atoms in total. The van der Waals surface area contributed by atoms with Gasteiger partial charge in [-0.05, 0) is 25.0 Å². The number of rotatable bonds is 5. The molecular weight excluding hydrogens is 330 g/mol. The molecular formula is C18H24F2N2O3. The third-order valence-corrected chi connectivity index (χ3v) is 5.02. The van der Waals surface area contributed by atoms with Crippen molar-refractivity contribution in [2.45, 2.75) is 37.3 Å². The van der Waals surface area contributed by atoms with Gasteiger partial charge in [0, 0.05) is 31.6 Å². The van der Waals surface area contributed by atoms with Gasteiger partial charge in [-0.3, -0.25) is 9.69 Å². The van der Waals surface area contributed by atoms with Crippen LogP contribution < -0.4 is 4.74 Å². The van der Waals surface area contributed by atoms with Gasteiger partial charge >= 0.3 is 0 Å². The highest BCUT2D eigenvalue weighted by atomic mass is 19.3. The second-order valence-corrected chi connectivity index (χ2v) is 6.78. The molecule has 138 valence electrons. The van der Waals surface area contributed by atoms with Crippen molar-refractivity contribution in [3.63, 3.8) is 0 Å². The lowest BCUT2D eigenvalue weighted by Crippen LogP contribution is -2.50. The van der Waals surface area contributed by atoms with Gasteiger partial charge in [-0.25, -0.2) is 8.78 Å². The zero-order valence-electron chi connectivity index (χ0n) is 14.1. The number of nitrogens with zero attached hydrogens (tertiary/aromatic N) is 2. The molecule has 1 amide bonds. The summed E-state index contributed by atoms with van der Waals surface area (Å²) in [5.74, 6) is -2.17. The van der Waals surface area contributed by atoms with E-state index in [1.807, 2.05) is 18.2 Å². The minimum absolute atomic E-state index is 0.00961. The van der Waals surface area contributed by atoms with Gasteiger partial charge < -0.3 is 14.7 Å². The van der Waals surface area contributed by atoms with Crippen LogP contribution in [0.1, 0.15) is 19.3 Å². The number of hydrogen-bond acceptors (Lipinski definition) is 4. The Bertz CT molecular complexity index is 577. The lowest BCUT2D eigenvalue weighted by Gasteiger charge is -2.38. The van der Waals surface area contributed by atoms with Crippen LogP contribution in [0.3, 0.4) is 0 Å². The highest BCUT2D eigenvalue weighted by molar-refractivity contribution is 5.77. The Morgan fingerprint density at radius 3 is 2.56 bits per heavy atom. The Kier molecular flexibility index (Phi) is 5.54. The van der Waals surface area contributed by atoms with E-state index in [4.69, 9.17) is 4.74 Å². The second kappa shape index (κ2) is 7.66. The summed E-state index contributed by atoms with van der Waals surface area (Å²) in [7, 11) is 0. The van der Waals surface area contributed by atoms with E-state index in [0.717, 1.165) is 0 Å². The minimum Gasteiger partial charge on any atom is -0.484 e. The summed E-state index contributed by atoms with van der Waals surface area (Å²) in [5, 5.41) is 9.36. The summed E-state index contributed by atoms with van der Waals surface area (Å²) in [6.45, 7) is 0.493. The molecule has 0 radical (unpaired) electrons. The maximum Gasteiger partial charge on any atom is 0.262 e. The fourth-order valence-corrected chi connectivity index (χ4v) is 3.72. The lowest BCUT2D eigenvalue weighted by molar-refractivity contribution is -0.135. The molecule has 3 rings (SSSR count). The molecule has 2 fully saturated rings. The van der Waals surface area contributed by atoms with Gasteiger partial charge in [0.1, 0.15) is 5.75 Å². The maximum atomic E-state index is 13.6. The number of piperidine rings is 1. The molecule has 2 heterocycles. The number of halogens is 2. The number of benzene rings is 1. The normalized spacial score (nSPS) is 24.4. The van der Waals surface area contributed by atoms with Crippen LogP contribution in [0.4, 0.5) is 8.78 Å². The van der Waals surface area contributed by atoms with Gasteiger partial charge in [-0.2, -0.15) is 0 Å². The number of carbonyl (C=O) groups excluding carboxylic acids is 1. The molecule has 0 aliphatic carbocycles. The highest BCUT2D eigenvalue weighted by Gasteiger charge is 2.47. The van der Waals surface area contributed by atoms with Crippen molar-refractivity contribution in [2.24, 2.45) is 0 Å².